The summed E-state index contributed by atoms with van der Waals surface area (Å²) in [6.07, 6.45) is 0. The molecule has 0 aliphatic rings. The molecule has 9 aromatic rings. The van der Waals surface area contributed by atoms with E-state index in [1.54, 1.807) is 11.3 Å². The Balaban J connectivity index is 1.10. The molecule has 0 amide bonds. The van der Waals surface area contributed by atoms with E-state index in [9.17, 15) is 0 Å². The zero-order valence-corrected chi connectivity index (χ0v) is 27.3. The summed E-state index contributed by atoms with van der Waals surface area (Å²) < 4.78 is 1.20. The predicted octanol–water partition coefficient (Wildman–Crippen LogP) is 12.2. The van der Waals surface area contributed by atoms with Crippen molar-refractivity contribution in [1.82, 2.24) is 15.0 Å². The van der Waals surface area contributed by atoms with Crippen LogP contribution in [-0.2, 0) is 0 Å². The number of aromatic nitrogens is 3. The standard InChI is InChI=1S/C45H29N3S/c1-4-11-30(12-5-1)31-19-21-32(22-20-31)41-29-42(47-44(46-41)33-13-6-2-7-14-33)38-26-24-35-27-37(25-23-36(35)28-38)39-17-10-18-40-43(39)49-45(48-40)34-15-8-3-9-16-34/h1-29H. The molecular weight excluding hydrogens is 615 g/mol. The van der Waals surface area contributed by atoms with Crippen molar-refractivity contribution in [3.8, 4) is 66.7 Å². The zero-order valence-electron chi connectivity index (χ0n) is 26.5. The van der Waals surface area contributed by atoms with E-state index < -0.39 is 0 Å². The molecule has 230 valence electrons. The van der Waals surface area contributed by atoms with E-state index in [1.165, 1.54) is 32.3 Å². The first kappa shape index (κ1) is 29.0. The quantitative estimate of drug-likeness (QED) is 0.181. The summed E-state index contributed by atoms with van der Waals surface area (Å²) in [7, 11) is 0. The normalized spacial score (nSPS) is 11.3. The minimum atomic E-state index is 0.711. The molecule has 0 N–H and O–H groups in total. The Labute approximate surface area is 288 Å². The largest absolute Gasteiger partial charge is 0.236 e. The maximum atomic E-state index is 5.08. The fourth-order valence-electron chi connectivity index (χ4n) is 6.38. The number of hydrogen-bond acceptors (Lipinski definition) is 4. The maximum Gasteiger partial charge on any atom is 0.160 e. The third-order valence-corrected chi connectivity index (χ3v) is 10.1. The second kappa shape index (κ2) is 12.4. The molecule has 0 saturated heterocycles. The summed E-state index contributed by atoms with van der Waals surface area (Å²) in [5, 5.41) is 3.39. The minimum Gasteiger partial charge on any atom is -0.236 e. The van der Waals surface area contributed by atoms with Crippen molar-refractivity contribution in [3.05, 3.63) is 176 Å². The summed E-state index contributed by atoms with van der Waals surface area (Å²) in [5.74, 6) is 0.711. The first-order chi connectivity index (χ1) is 24.2. The second-order valence-electron chi connectivity index (χ2n) is 12.1. The van der Waals surface area contributed by atoms with Crippen molar-refractivity contribution in [1.29, 1.82) is 0 Å². The average Bonchev–Trinajstić information content (AvgIpc) is 3.63. The van der Waals surface area contributed by atoms with Crippen LogP contribution in [0.1, 0.15) is 0 Å². The van der Waals surface area contributed by atoms with Gasteiger partial charge in [0.2, 0.25) is 0 Å². The molecule has 3 nitrogen and oxygen atoms in total. The van der Waals surface area contributed by atoms with Gasteiger partial charge in [-0.2, -0.15) is 0 Å². The Hall–Kier alpha value is -6.23. The maximum absolute atomic E-state index is 5.08. The van der Waals surface area contributed by atoms with Crippen molar-refractivity contribution < 1.29 is 0 Å². The van der Waals surface area contributed by atoms with Gasteiger partial charge in [0.05, 0.1) is 21.6 Å². The van der Waals surface area contributed by atoms with E-state index in [-0.39, 0.29) is 0 Å². The van der Waals surface area contributed by atoms with Crippen LogP contribution in [0.4, 0.5) is 0 Å². The molecule has 0 aliphatic carbocycles. The minimum absolute atomic E-state index is 0.711. The van der Waals surface area contributed by atoms with Crippen LogP contribution in [0.15, 0.2) is 176 Å². The molecule has 0 aliphatic heterocycles. The first-order valence-electron chi connectivity index (χ1n) is 16.4. The van der Waals surface area contributed by atoms with Gasteiger partial charge in [-0.25, -0.2) is 15.0 Å². The summed E-state index contributed by atoms with van der Waals surface area (Å²) in [6.45, 7) is 0. The molecule has 2 aromatic heterocycles. The Morgan fingerprint density at radius 2 is 0.878 bits per heavy atom. The van der Waals surface area contributed by atoms with Gasteiger partial charge in [0.25, 0.3) is 0 Å². The van der Waals surface area contributed by atoms with E-state index in [2.05, 4.69) is 146 Å². The molecule has 0 spiro atoms. The van der Waals surface area contributed by atoms with Crippen molar-refractivity contribution in [3.63, 3.8) is 0 Å². The molecule has 0 radical (unpaired) electrons. The molecule has 2 heterocycles. The highest BCUT2D eigenvalue weighted by atomic mass is 32.1. The molecule has 7 aromatic carbocycles. The number of nitrogens with zero attached hydrogens (tertiary/aromatic N) is 3. The van der Waals surface area contributed by atoms with Crippen LogP contribution < -0.4 is 0 Å². The molecule has 0 saturated carbocycles. The number of rotatable bonds is 6. The third kappa shape index (κ3) is 5.69. The smallest absolute Gasteiger partial charge is 0.160 e. The predicted molar refractivity (Wildman–Crippen MR) is 205 cm³/mol. The van der Waals surface area contributed by atoms with Crippen LogP contribution in [0.3, 0.4) is 0 Å². The van der Waals surface area contributed by atoms with E-state index in [1.807, 2.05) is 30.3 Å². The van der Waals surface area contributed by atoms with Crippen molar-refractivity contribution in [2.24, 2.45) is 0 Å². The Bertz CT molecular complexity index is 2580. The fraction of sp³-hybridized carbons (Fsp3) is 0. The van der Waals surface area contributed by atoms with E-state index >= 15 is 0 Å². The van der Waals surface area contributed by atoms with Gasteiger partial charge >= 0.3 is 0 Å². The van der Waals surface area contributed by atoms with Gasteiger partial charge in [-0.1, -0.05) is 152 Å². The van der Waals surface area contributed by atoms with E-state index in [4.69, 9.17) is 15.0 Å². The van der Waals surface area contributed by atoms with Gasteiger partial charge in [0.1, 0.15) is 5.01 Å². The lowest BCUT2D eigenvalue weighted by Gasteiger charge is -2.11. The highest BCUT2D eigenvalue weighted by Gasteiger charge is 2.14. The van der Waals surface area contributed by atoms with Crippen LogP contribution in [0.25, 0.3) is 87.7 Å². The summed E-state index contributed by atoms with van der Waals surface area (Å²) in [5.41, 5.74) is 11.8. The van der Waals surface area contributed by atoms with Gasteiger partial charge in [0, 0.05) is 27.8 Å². The molecule has 0 bridgehead atoms. The van der Waals surface area contributed by atoms with E-state index in [0.29, 0.717) is 5.82 Å². The number of fused-ring (bicyclic) bond motifs is 2. The second-order valence-corrected chi connectivity index (χ2v) is 13.1. The molecule has 4 heteroatoms. The van der Waals surface area contributed by atoms with Gasteiger partial charge in [0.15, 0.2) is 5.82 Å². The van der Waals surface area contributed by atoms with Crippen molar-refractivity contribution in [2.75, 3.05) is 0 Å². The van der Waals surface area contributed by atoms with Crippen LogP contribution in [-0.4, -0.2) is 15.0 Å². The summed E-state index contributed by atoms with van der Waals surface area (Å²) >= 11 is 1.75. The summed E-state index contributed by atoms with van der Waals surface area (Å²) in [4.78, 5) is 15.1. The highest BCUT2D eigenvalue weighted by Crippen LogP contribution is 2.38. The third-order valence-electron chi connectivity index (χ3n) is 8.93. The topological polar surface area (TPSA) is 38.7 Å². The van der Waals surface area contributed by atoms with Crippen LogP contribution in [0.5, 0.6) is 0 Å². The molecule has 0 fully saturated rings. The first-order valence-corrected chi connectivity index (χ1v) is 17.2. The summed E-state index contributed by atoms with van der Waals surface area (Å²) in [6, 6.07) is 61.5. The highest BCUT2D eigenvalue weighted by molar-refractivity contribution is 7.22. The van der Waals surface area contributed by atoms with Crippen LogP contribution >= 0.6 is 11.3 Å². The van der Waals surface area contributed by atoms with E-state index in [0.717, 1.165) is 49.6 Å². The molecular formula is C45H29N3S. The van der Waals surface area contributed by atoms with Gasteiger partial charge in [-0.3, -0.25) is 0 Å². The fourth-order valence-corrected chi connectivity index (χ4v) is 7.48. The average molecular weight is 644 g/mol. The van der Waals surface area contributed by atoms with Crippen LogP contribution in [0, 0.1) is 0 Å². The Kier molecular flexibility index (Phi) is 7.34. The van der Waals surface area contributed by atoms with Gasteiger partial charge < -0.3 is 0 Å². The van der Waals surface area contributed by atoms with Crippen molar-refractivity contribution >= 4 is 32.3 Å². The SMILES string of the molecule is c1ccc(-c2ccc(-c3cc(-c4ccc5cc(-c6cccc7nc(-c8ccccc8)sc67)ccc5c4)nc(-c4ccccc4)n3)cc2)cc1. The molecule has 0 atom stereocenters. The molecule has 0 unspecified atom stereocenters. The Morgan fingerprint density at radius 3 is 1.57 bits per heavy atom. The molecule has 49 heavy (non-hydrogen) atoms. The van der Waals surface area contributed by atoms with Crippen molar-refractivity contribution in [2.45, 2.75) is 0 Å². The Morgan fingerprint density at radius 1 is 0.347 bits per heavy atom. The molecule has 9 rings (SSSR count). The lowest BCUT2D eigenvalue weighted by atomic mass is 9.98. The monoisotopic (exact) mass is 643 g/mol. The van der Waals surface area contributed by atoms with Crippen LogP contribution in [0.2, 0.25) is 0 Å². The lowest BCUT2D eigenvalue weighted by molar-refractivity contribution is 1.18. The number of hydrogen-bond donors (Lipinski definition) is 0. The zero-order chi connectivity index (χ0) is 32.6. The van der Waals surface area contributed by atoms with Gasteiger partial charge in [-0.15, -0.1) is 11.3 Å². The van der Waals surface area contributed by atoms with Gasteiger partial charge in [-0.05, 0) is 51.7 Å². The number of benzene rings is 7. The lowest BCUT2D eigenvalue weighted by Crippen LogP contribution is -1.96. The number of thiazole rings is 1.